The number of sulfone groups is 1. The van der Waals surface area contributed by atoms with Gasteiger partial charge in [-0.15, -0.1) is 0 Å². The van der Waals surface area contributed by atoms with Crippen molar-refractivity contribution >= 4 is 15.7 Å². The van der Waals surface area contributed by atoms with Gasteiger partial charge in [0.05, 0.1) is 23.8 Å². The first-order valence-electron chi connectivity index (χ1n) is 7.67. The lowest BCUT2D eigenvalue weighted by atomic mass is 10.2. The van der Waals surface area contributed by atoms with Crippen LogP contribution < -0.4 is 4.74 Å². The van der Waals surface area contributed by atoms with E-state index in [1.165, 1.54) is 13.2 Å². The van der Waals surface area contributed by atoms with Crippen molar-refractivity contribution in [3.63, 3.8) is 0 Å². The third-order valence-corrected chi connectivity index (χ3v) is 5.83. The second-order valence-electron chi connectivity index (χ2n) is 5.92. The topological polar surface area (TPSA) is 66.9 Å². The Hall–Kier alpha value is -1.60. The summed E-state index contributed by atoms with van der Waals surface area (Å²) in [5, 5.41) is 0. The maximum atomic E-state index is 12.5. The Kier molecular flexibility index (Phi) is 5.64. The molecule has 0 aliphatic carbocycles. The second kappa shape index (κ2) is 7.31. The number of hydrogen-bond donors (Lipinski definition) is 0. The van der Waals surface area contributed by atoms with Crippen LogP contribution in [-0.4, -0.2) is 70.2 Å². The molecule has 1 aliphatic heterocycles. The summed E-state index contributed by atoms with van der Waals surface area (Å²) in [6.45, 7) is 1.13. The predicted octanol–water partition coefficient (Wildman–Crippen LogP) is 1.02. The highest BCUT2D eigenvalue weighted by Gasteiger charge is 2.32. The quantitative estimate of drug-likeness (QED) is 0.773. The zero-order valence-electron chi connectivity index (χ0n) is 13.9. The molecule has 2 rings (SSSR count). The molecule has 23 heavy (non-hydrogen) atoms. The van der Waals surface area contributed by atoms with Crippen LogP contribution in [0.3, 0.4) is 0 Å². The summed E-state index contributed by atoms with van der Waals surface area (Å²) in [6.07, 6.45) is 1.71. The van der Waals surface area contributed by atoms with Crippen LogP contribution in [0, 0.1) is 0 Å². The number of amides is 1. The number of carbonyl (C=O) groups is 1. The van der Waals surface area contributed by atoms with Gasteiger partial charge in [0.1, 0.15) is 5.75 Å². The van der Waals surface area contributed by atoms with Crippen LogP contribution in [0.25, 0.3) is 0 Å². The maximum absolute atomic E-state index is 12.5. The second-order valence-corrected chi connectivity index (χ2v) is 8.03. The first-order valence-corrected chi connectivity index (χ1v) is 9.32. The molecule has 0 saturated carbocycles. The van der Waals surface area contributed by atoms with Crippen molar-refractivity contribution in [3.05, 3.63) is 24.3 Å². The molecule has 0 aromatic heterocycles. The summed E-state index contributed by atoms with van der Waals surface area (Å²) >= 11 is 0. The summed E-state index contributed by atoms with van der Waals surface area (Å²) in [4.78, 5) is 15.9. The lowest BCUT2D eigenvalue weighted by molar-refractivity contribution is -0.133. The van der Waals surface area contributed by atoms with E-state index in [-0.39, 0.29) is 22.6 Å². The van der Waals surface area contributed by atoms with Gasteiger partial charge in [-0.05, 0) is 37.6 Å². The summed E-state index contributed by atoms with van der Waals surface area (Å²) in [5.74, 6) is 0.561. The molecule has 1 heterocycles. The molecule has 7 heteroatoms. The van der Waals surface area contributed by atoms with Gasteiger partial charge in [-0.1, -0.05) is 6.07 Å². The maximum Gasteiger partial charge on any atom is 0.239 e. The van der Waals surface area contributed by atoms with Crippen LogP contribution in [0.2, 0.25) is 0 Å². The first kappa shape index (κ1) is 17.7. The van der Waals surface area contributed by atoms with Gasteiger partial charge in [-0.25, -0.2) is 8.42 Å². The summed E-state index contributed by atoms with van der Waals surface area (Å²) < 4.78 is 30.1. The van der Waals surface area contributed by atoms with E-state index >= 15 is 0 Å². The minimum atomic E-state index is -3.40. The molecule has 0 spiro atoms. The highest BCUT2D eigenvalue weighted by Crippen LogP contribution is 2.21. The summed E-state index contributed by atoms with van der Waals surface area (Å²) in [5.41, 5.74) is 0. The third kappa shape index (κ3) is 4.23. The van der Waals surface area contributed by atoms with Crippen molar-refractivity contribution in [1.29, 1.82) is 0 Å². The van der Waals surface area contributed by atoms with Gasteiger partial charge >= 0.3 is 0 Å². The van der Waals surface area contributed by atoms with E-state index in [0.717, 1.165) is 19.4 Å². The van der Waals surface area contributed by atoms with Crippen LogP contribution in [0.15, 0.2) is 29.2 Å². The van der Waals surface area contributed by atoms with Gasteiger partial charge in [0, 0.05) is 20.6 Å². The van der Waals surface area contributed by atoms with E-state index in [2.05, 4.69) is 0 Å². The molecule has 0 N–H and O–H groups in total. The number of methoxy groups -OCH3 is 1. The Morgan fingerprint density at radius 2 is 2.13 bits per heavy atom. The molecule has 1 fully saturated rings. The fourth-order valence-corrected chi connectivity index (χ4v) is 4.11. The van der Waals surface area contributed by atoms with Crippen molar-refractivity contribution in [2.75, 3.05) is 40.0 Å². The number of carbonyl (C=O) groups excluding carboxylic acids is 1. The zero-order valence-corrected chi connectivity index (χ0v) is 14.7. The minimum absolute atomic E-state index is 0.00260. The monoisotopic (exact) mass is 340 g/mol. The van der Waals surface area contributed by atoms with E-state index in [1.54, 1.807) is 37.2 Å². The van der Waals surface area contributed by atoms with Gasteiger partial charge in [0.25, 0.3) is 0 Å². The Balaban J connectivity index is 2.05. The van der Waals surface area contributed by atoms with Gasteiger partial charge in [-0.3, -0.25) is 9.69 Å². The van der Waals surface area contributed by atoms with Crippen LogP contribution in [-0.2, 0) is 14.6 Å². The Labute approximate surface area is 137 Å². The summed E-state index contributed by atoms with van der Waals surface area (Å²) in [6, 6.07) is 6.28. The van der Waals surface area contributed by atoms with E-state index < -0.39 is 9.84 Å². The fourth-order valence-electron chi connectivity index (χ4n) is 2.82. The average molecular weight is 340 g/mol. The molecular formula is C16H24N2O4S. The van der Waals surface area contributed by atoms with Crippen LogP contribution in [0.4, 0.5) is 0 Å². The van der Waals surface area contributed by atoms with E-state index in [9.17, 15) is 13.2 Å². The molecule has 1 amide bonds. The highest BCUT2D eigenvalue weighted by atomic mass is 32.2. The standard InChI is InChI=1S/C16H24N2O4S/c1-17(2)16(19)15-8-5-9-18(15)10-11-23(20,21)14-7-4-6-13(12-14)22-3/h4,6-7,12,15H,5,8-11H2,1-3H3. The van der Waals surface area contributed by atoms with Crippen LogP contribution in [0.5, 0.6) is 5.75 Å². The molecular weight excluding hydrogens is 316 g/mol. The van der Waals surface area contributed by atoms with Crippen molar-refractivity contribution in [2.45, 2.75) is 23.8 Å². The molecule has 6 nitrogen and oxygen atoms in total. The molecule has 1 aromatic carbocycles. The van der Waals surface area contributed by atoms with E-state index in [1.807, 2.05) is 4.90 Å². The normalized spacial score (nSPS) is 18.8. The Morgan fingerprint density at radius 3 is 2.78 bits per heavy atom. The number of hydrogen-bond acceptors (Lipinski definition) is 5. The number of likely N-dealkylation sites (tertiary alicyclic amines) is 1. The molecule has 0 radical (unpaired) electrons. The van der Waals surface area contributed by atoms with Gasteiger partial charge < -0.3 is 9.64 Å². The molecule has 1 aliphatic rings. The Bertz CT molecular complexity index is 658. The zero-order chi connectivity index (χ0) is 17.0. The first-order chi connectivity index (χ1) is 10.8. The highest BCUT2D eigenvalue weighted by molar-refractivity contribution is 7.91. The SMILES string of the molecule is COc1cccc(S(=O)(=O)CCN2CCCC2C(=O)N(C)C)c1. The lowest BCUT2D eigenvalue weighted by Gasteiger charge is -2.25. The Morgan fingerprint density at radius 1 is 1.39 bits per heavy atom. The molecule has 1 unspecified atom stereocenters. The van der Waals surface area contributed by atoms with E-state index in [4.69, 9.17) is 4.74 Å². The predicted molar refractivity (Wildman–Crippen MR) is 88.3 cm³/mol. The van der Waals surface area contributed by atoms with Crippen molar-refractivity contribution in [3.8, 4) is 5.75 Å². The van der Waals surface area contributed by atoms with Crippen molar-refractivity contribution in [1.82, 2.24) is 9.80 Å². The number of rotatable bonds is 6. The largest absolute Gasteiger partial charge is 0.497 e. The molecule has 1 saturated heterocycles. The van der Waals surface area contributed by atoms with Gasteiger partial charge in [0.15, 0.2) is 9.84 Å². The van der Waals surface area contributed by atoms with E-state index in [0.29, 0.717) is 12.3 Å². The average Bonchev–Trinajstić information content (AvgIpc) is 3.00. The number of nitrogens with zero attached hydrogens (tertiary/aromatic N) is 2. The smallest absolute Gasteiger partial charge is 0.239 e. The molecule has 0 bridgehead atoms. The van der Waals surface area contributed by atoms with Gasteiger partial charge in [-0.2, -0.15) is 0 Å². The van der Waals surface area contributed by atoms with Crippen LogP contribution in [0.1, 0.15) is 12.8 Å². The molecule has 1 atom stereocenters. The minimum Gasteiger partial charge on any atom is -0.497 e. The van der Waals surface area contributed by atoms with Crippen molar-refractivity contribution < 1.29 is 17.9 Å². The fraction of sp³-hybridized carbons (Fsp3) is 0.562. The lowest BCUT2D eigenvalue weighted by Crippen LogP contribution is -2.44. The van der Waals surface area contributed by atoms with Crippen molar-refractivity contribution in [2.24, 2.45) is 0 Å². The summed E-state index contributed by atoms with van der Waals surface area (Å²) in [7, 11) is 1.57. The van der Waals surface area contributed by atoms with Gasteiger partial charge in [0.2, 0.25) is 5.91 Å². The number of benzene rings is 1. The number of likely N-dealkylation sites (N-methyl/N-ethyl adjacent to an activating group) is 1. The molecule has 128 valence electrons. The third-order valence-electron chi connectivity index (χ3n) is 4.14. The molecule has 1 aromatic rings. The van der Waals surface area contributed by atoms with Crippen LogP contribution >= 0.6 is 0 Å². The number of ether oxygens (including phenoxy) is 1.